The number of likely N-dealkylation sites (tertiary alicyclic amines) is 1. The van der Waals surface area contributed by atoms with Crippen LogP contribution in [-0.4, -0.2) is 36.3 Å². The summed E-state index contributed by atoms with van der Waals surface area (Å²) in [5, 5.41) is 2.68. The molecule has 6 nitrogen and oxygen atoms in total. The first kappa shape index (κ1) is 15.0. The molecule has 1 unspecified atom stereocenters. The van der Waals surface area contributed by atoms with Crippen molar-refractivity contribution in [2.75, 3.05) is 19.0 Å². The van der Waals surface area contributed by atoms with E-state index in [4.69, 9.17) is 0 Å². The number of hydrogen-bond donors (Lipinski definition) is 1. The Morgan fingerprint density at radius 2 is 2.00 bits per heavy atom. The average Bonchev–Trinajstić information content (AvgIpc) is 2.81. The molecule has 1 aliphatic heterocycles. The fourth-order valence-electron chi connectivity index (χ4n) is 2.37. The zero-order chi connectivity index (χ0) is 15.4. The van der Waals surface area contributed by atoms with Crippen molar-refractivity contribution in [3.05, 3.63) is 29.8 Å². The molecule has 0 spiro atoms. The number of carbonyl (C=O) groups is 3. The van der Waals surface area contributed by atoms with Gasteiger partial charge in [-0.25, -0.2) is 0 Å². The maximum atomic E-state index is 11.9. The number of rotatable bonds is 4. The lowest BCUT2D eigenvalue weighted by Crippen LogP contribution is -2.26. The quantitative estimate of drug-likeness (QED) is 0.844. The topological polar surface area (TPSA) is 75.7 Å². The predicted octanol–water partition coefficient (Wildman–Crippen LogP) is 1.17. The molecule has 0 aliphatic carbocycles. The highest BCUT2D eigenvalue weighted by Crippen LogP contribution is 2.21. The molecule has 0 saturated carbocycles. The summed E-state index contributed by atoms with van der Waals surface area (Å²) in [7, 11) is 1.33. The number of benzene rings is 1. The van der Waals surface area contributed by atoms with Gasteiger partial charge in [0.2, 0.25) is 11.8 Å². The van der Waals surface area contributed by atoms with Crippen LogP contribution in [0.4, 0.5) is 5.69 Å². The fraction of sp³-hybridized carbons (Fsp3) is 0.400. The van der Waals surface area contributed by atoms with Crippen molar-refractivity contribution in [3.63, 3.8) is 0 Å². The second kappa shape index (κ2) is 6.39. The van der Waals surface area contributed by atoms with Crippen molar-refractivity contribution in [3.8, 4) is 0 Å². The molecular weight excluding hydrogens is 272 g/mol. The minimum Gasteiger partial charge on any atom is -0.469 e. The monoisotopic (exact) mass is 290 g/mol. The van der Waals surface area contributed by atoms with Gasteiger partial charge in [-0.05, 0) is 17.7 Å². The van der Waals surface area contributed by atoms with Gasteiger partial charge in [0.05, 0.1) is 13.0 Å². The van der Waals surface area contributed by atoms with Crippen LogP contribution in [0.15, 0.2) is 24.3 Å². The summed E-state index contributed by atoms with van der Waals surface area (Å²) < 4.78 is 4.68. The third-order valence-corrected chi connectivity index (χ3v) is 3.40. The van der Waals surface area contributed by atoms with Gasteiger partial charge in [-0.3, -0.25) is 14.4 Å². The molecule has 1 atom stereocenters. The largest absolute Gasteiger partial charge is 0.469 e. The highest BCUT2D eigenvalue weighted by Gasteiger charge is 2.34. The Morgan fingerprint density at radius 1 is 1.33 bits per heavy atom. The Balaban J connectivity index is 1.97. The molecule has 1 aliphatic rings. The van der Waals surface area contributed by atoms with E-state index in [0.29, 0.717) is 18.8 Å². The number of amides is 2. The number of ether oxygens (including phenoxy) is 1. The minimum atomic E-state index is -0.374. The van der Waals surface area contributed by atoms with Crippen LogP contribution < -0.4 is 5.32 Å². The van der Waals surface area contributed by atoms with E-state index in [-0.39, 0.29) is 30.1 Å². The summed E-state index contributed by atoms with van der Waals surface area (Å²) in [5.41, 5.74) is 1.66. The maximum Gasteiger partial charge on any atom is 0.310 e. The van der Waals surface area contributed by atoms with Crippen molar-refractivity contribution in [2.24, 2.45) is 5.92 Å². The highest BCUT2D eigenvalue weighted by atomic mass is 16.5. The van der Waals surface area contributed by atoms with Gasteiger partial charge < -0.3 is 15.0 Å². The van der Waals surface area contributed by atoms with Crippen molar-refractivity contribution in [2.45, 2.75) is 19.9 Å². The van der Waals surface area contributed by atoms with Gasteiger partial charge >= 0.3 is 5.97 Å². The van der Waals surface area contributed by atoms with Crippen LogP contribution in [0.3, 0.4) is 0 Å². The van der Waals surface area contributed by atoms with Crippen LogP contribution in [0.1, 0.15) is 18.9 Å². The lowest BCUT2D eigenvalue weighted by Gasteiger charge is -2.16. The first-order valence-corrected chi connectivity index (χ1v) is 6.71. The van der Waals surface area contributed by atoms with Gasteiger partial charge in [0.15, 0.2) is 0 Å². The van der Waals surface area contributed by atoms with E-state index < -0.39 is 0 Å². The standard InChI is InChI=1S/C15H18N2O4/c1-10(18)16-13-5-3-11(4-6-13)8-17-9-12(7-14(17)19)15(20)21-2/h3-6,12H,7-9H2,1-2H3,(H,16,18). The predicted molar refractivity (Wildman–Crippen MR) is 76.3 cm³/mol. The van der Waals surface area contributed by atoms with Crippen molar-refractivity contribution in [1.82, 2.24) is 4.90 Å². The molecule has 0 bridgehead atoms. The zero-order valence-electron chi connectivity index (χ0n) is 12.1. The van der Waals surface area contributed by atoms with E-state index in [1.54, 1.807) is 17.0 Å². The molecule has 1 fully saturated rings. The third-order valence-electron chi connectivity index (χ3n) is 3.40. The normalized spacial score (nSPS) is 17.7. The highest BCUT2D eigenvalue weighted by molar-refractivity contribution is 5.88. The number of nitrogens with zero attached hydrogens (tertiary/aromatic N) is 1. The van der Waals surface area contributed by atoms with Gasteiger partial charge in [-0.1, -0.05) is 12.1 Å². The van der Waals surface area contributed by atoms with Crippen LogP contribution in [0, 0.1) is 5.92 Å². The van der Waals surface area contributed by atoms with E-state index in [9.17, 15) is 14.4 Å². The van der Waals surface area contributed by atoms with Gasteiger partial charge in [0, 0.05) is 32.1 Å². The summed E-state index contributed by atoms with van der Waals surface area (Å²) in [6.07, 6.45) is 0.205. The molecule has 0 aromatic heterocycles. The van der Waals surface area contributed by atoms with Crippen molar-refractivity contribution in [1.29, 1.82) is 0 Å². The van der Waals surface area contributed by atoms with Gasteiger partial charge in [0.1, 0.15) is 0 Å². The third kappa shape index (κ3) is 3.81. The molecule has 2 rings (SSSR count). The number of nitrogens with one attached hydrogen (secondary N) is 1. The van der Waals surface area contributed by atoms with Gasteiger partial charge in [-0.15, -0.1) is 0 Å². The smallest absolute Gasteiger partial charge is 0.310 e. The van der Waals surface area contributed by atoms with E-state index >= 15 is 0 Å². The Labute approximate surface area is 123 Å². The van der Waals surface area contributed by atoms with E-state index in [1.165, 1.54) is 14.0 Å². The molecule has 2 amide bonds. The number of carbonyl (C=O) groups excluding carboxylic acids is 3. The van der Waals surface area contributed by atoms with Crippen molar-refractivity contribution >= 4 is 23.5 Å². The molecule has 6 heteroatoms. The Hall–Kier alpha value is -2.37. The van der Waals surface area contributed by atoms with E-state index in [0.717, 1.165) is 5.56 Å². The number of esters is 1. The molecule has 1 saturated heterocycles. The molecule has 21 heavy (non-hydrogen) atoms. The SMILES string of the molecule is COC(=O)C1CC(=O)N(Cc2ccc(NC(C)=O)cc2)C1. The second-order valence-electron chi connectivity index (χ2n) is 5.08. The van der Waals surface area contributed by atoms with Crippen LogP contribution in [0.5, 0.6) is 0 Å². The first-order valence-electron chi connectivity index (χ1n) is 6.71. The molecule has 112 valence electrons. The molecule has 0 radical (unpaired) electrons. The van der Waals surface area contributed by atoms with Crippen LogP contribution in [0.2, 0.25) is 0 Å². The second-order valence-corrected chi connectivity index (χ2v) is 5.08. The lowest BCUT2D eigenvalue weighted by molar-refractivity contribution is -0.145. The summed E-state index contributed by atoms with van der Waals surface area (Å²) in [4.78, 5) is 35.9. The van der Waals surface area contributed by atoms with Gasteiger partial charge in [0.25, 0.3) is 0 Å². The first-order chi connectivity index (χ1) is 9.99. The van der Waals surface area contributed by atoms with Crippen molar-refractivity contribution < 1.29 is 19.1 Å². The number of methoxy groups -OCH3 is 1. The maximum absolute atomic E-state index is 11.9. The lowest BCUT2D eigenvalue weighted by atomic mass is 10.1. The molecular formula is C15H18N2O4. The fourth-order valence-corrected chi connectivity index (χ4v) is 2.37. The summed E-state index contributed by atoms with van der Waals surface area (Å²) >= 11 is 0. The van der Waals surface area contributed by atoms with Gasteiger partial charge in [-0.2, -0.15) is 0 Å². The molecule has 1 N–H and O–H groups in total. The van der Waals surface area contributed by atoms with Crippen LogP contribution in [-0.2, 0) is 25.7 Å². The molecule has 1 aromatic carbocycles. The number of hydrogen-bond acceptors (Lipinski definition) is 4. The average molecular weight is 290 g/mol. The number of anilines is 1. The van der Waals surface area contributed by atoms with Crippen LogP contribution in [0.25, 0.3) is 0 Å². The minimum absolute atomic E-state index is 0.0451. The summed E-state index contributed by atoms with van der Waals surface area (Å²) in [5.74, 6) is -0.886. The Kier molecular flexibility index (Phi) is 4.57. The Bertz CT molecular complexity index is 553. The zero-order valence-corrected chi connectivity index (χ0v) is 12.1. The Morgan fingerprint density at radius 3 is 2.57 bits per heavy atom. The van der Waals surface area contributed by atoms with E-state index in [1.807, 2.05) is 12.1 Å². The summed E-state index contributed by atoms with van der Waals surface area (Å²) in [6.45, 7) is 2.29. The molecule has 1 heterocycles. The van der Waals surface area contributed by atoms with Crippen LogP contribution >= 0.6 is 0 Å². The molecule has 1 aromatic rings. The summed E-state index contributed by atoms with van der Waals surface area (Å²) in [6, 6.07) is 7.28. The van der Waals surface area contributed by atoms with E-state index in [2.05, 4.69) is 10.1 Å².